The zero-order valence-corrected chi connectivity index (χ0v) is 18.1. The van der Waals surface area contributed by atoms with E-state index in [9.17, 15) is 4.79 Å². The first-order valence-corrected chi connectivity index (χ1v) is 10.9. The highest BCUT2D eigenvalue weighted by Crippen LogP contribution is 2.31. The van der Waals surface area contributed by atoms with Gasteiger partial charge in [0, 0.05) is 30.8 Å². The average molecular weight is 444 g/mol. The number of aliphatic hydroxyl groups excluding tert-OH is 1. The number of nitrogens with zero attached hydrogens (tertiary/aromatic N) is 3. The second kappa shape index (κ2) is 8.99. The second-order valence-corrected chi connectivity index (χ2v) is 8.46. The monoisotopic (exact) mass is 443 g/mol. The van der Waals surface area contributed by atoms with Gasteiger partial charge in [-0.25, -0.2) is 9.97 Å². The van der Waals surface area contributed by atoms with Gasteiger partial charge in [-0.1, -0.05) is 22.9 Å². The van der Waals surface area contributed by atoms with Crippen molar-refractivity contribution in [2.75, 3.05) is 18.5 Å². The number of aryl methyl sites for hydroxylation is 1. The topological polar surface area (TPSA) is 92.1 Å². The van der Waals surface area contributed by atoms with E-state index in [0.29, 0.717) is 23.1 Å². The summed E-state index contributed by atoms with van der Waals surface area (Å²) in [5.74, 6) is 0.529. The summed E-state index contributed by atoms with van der Waals surface area (Å²) in [6.07, 6.45) is 2.50. The number of hydrogen-bond donors (Lipinski definition) is 3. The molecule has 0 unspecified atom stereocenters. The predicted octanol–water partition coefficient (Wildman–Crippen LogP) is 4.47. The molecule has 4 aromatic rings. The second-order valence-electron chi connectivity index (χ2n) is 6.99. The SMILES string of the molecule is Cn1c(Nc2nc3ccc(Cl)cc3s2)nc2cc(C(=O)NCCCCCO)ccc21. The van der Waals surface area contributed by atoms with Gasteiger partial charge in [-0.2, -0.15) is 0 Å². The van der Waals surface area contributed by atoms with Crippen molar-refractivity contribution in [3.8, 4) is 0 Å². The molecule has 3 N–H and O–H groups in total. The Balaban J connectivity index is 1.50. The number of nitrogens with one attached hydrogen (secondary N) is 2. The minimum absolute atomic E-state index is 0.121. The van der Waals surface area contributed by atoms with Crippen LogP contribution in [-0.4, -0.2) is 38.7 Å². The number of carbonyl (C=O) groups excluding carboxylic acids is 1. The van der Waals surface area contributed by atoms with Gasteiger partial charge in [-0.05, 0) is 55.7 Å². The molecule has 0 bridgehead atoms. The van der Waals surface area contributed by atoms with Gasteiger partial charge < -0.3 is 20.3 Å². The Morgan fingerprint density at radius 2 is 2.00 bits per heavy atom. The Hall–Kier alpha value is -2.68. The molecule has 2 aromatic carbocycles. The van der Waals surface area contributed by atoms with E-state index in [0.717, 1.165) is 45.6 Å². The van der Waals surface area contributed by atoms with E-state index in [-0.39, 0.29) is 12.5 Å². The standard InChI is InChI=1S/C21H22ClN5O2S/c1-27-17-8-5-13(19(29)23-9-3-2-4-10-28)11-16(17)24-20(27)26-21-25-15-7-6-14(22)12-18(15)30-21/h5-8,11-12,28H,2-4,9-10H2,1H3,(H,23,29)(H,24,25,26). The van der Waals surface area contributed by atoms with Gasteiger partial charge in [0.1, 0.15) is 0 Å². The van der Waals surface area contributed by atoms with E-state index in [1.807, 2.05) is 35.9 Å². The minimum Gasteiger partial charge on any atom is -0.396 e. The Labute approximate surface area is 182 Å². The van der Waals surface area contributed by atoms with Gasteiger partial charge in [-0.15, -0.1) is 0 Å². The lowest BCUT2D eigenvalue weighted by Gasteiger charge is -2.05. The van der Waals surface area contributed by atoms with Crippen LogP contribution in [0.3, 0.4) is 0 Å². The van der Waals surface area contributed by atoms with Crippen LogP contribution in [0.4, 0.5) is 11.1 Å². The van der Waals surface area contributed by atoms with Gasteiger partial charge in [0.2, 0.25) is 5.95 Å². The number of unbranched alkanes of at least 4 members (excludes halogenated alkanes) is 2. The first kappa shape index (κ1) is 20.6. The van der Waals surface area contributed by atoms with Crippen molar-refractivity contribution in [1.82, 2.24) is 19.9 Å². The van der Waals surface area contributed by atoms with Gasteiger partial charge in [0.05, 0.1) is 21.3 Å². The molecule has 9 heteroatoms. The molecule has 0 spiro atoms. The molecular formula is C21H22ClN5O2S. The number of aliphatic hydroxyl groups is 1. The summed E-state index contributed by atoms with van der Waals surface area (Å²) in [4.78, 5) is 21.6. The Bertz CT molecular complexity index is 1200. The largest absolute Gasteiger partial charge is 0.396 e. The smallest absolute Gasteiger partial charge is 0.251 e. The maximum atomic E-state index is 12.4. The lowest BCUT2D eigenvalue weighted by molar-refractivity contribution is 0.0953. The van der Waals surface area contributed by atoms with Crippen molar-refractivity contribution in [2.24, 2.45) is 7.05 Å². The van der Waals surface area contributed by atoms with Gasteiger partial charge in [0.25, 0.3) is 5.91 Å². The van der Waals surface area contributed by atoms with Crippen LogP contribution >= 0.6 is 22.9 Å². The molecule has 0 aliphatic heterocycles. The number of hydrogen-bond acceptors (Lipinski definition) is 6. The number of amides is 1. The van der Waals surface area contributed by atoms with E-state index in [2.05, 4.69) is 20.6 Å². The molecule has 0 radical (unpaired) electrons. The molecule has 0 saturated carbocycles. The van der Waals surface area contributed by atoms with E-state index in [1.54, 1.807) is 12.1 Å². The third-order valence-corrected chi connectivity index (χ3v) is 6.00. The van der Waals surface area contributed by atoms with E-state index >= 15 is 0 Å². The summed E-state index contributed by atoms with van der Waals surface area (Å²) in [6, 6.07) is 11.1. The maximum absolute atomic E-state index is 12.4. The summed E-state index contributed by atoms with van der Waals surface area (Å²) in [5.41, 5.74) is 3.10. The normalized spacial score (nSPS) is 11.3. The molecule has 0 fully saturated rings. The van der Waals surface area contributed by atoms with E-state index in [1.165, 1.54) is 11.3 Å². The van der Waals surface area contributed by atoms with Crippen LogP contribution < -0.4 is 10.6 Å². The third kappa shape index (κ3) is 4.40. The highest BCUT2D eigenvalue weighted by molar-refractivity contribution is 7.22. The molecule has 30 heavy (non-hydrogen) atoms. The zero-order chi connectivity index (χ0) is 21.1. The van der Waals surface area contributed by atoms with Crippen LogP contribution in [0.1, 0.15) is 29.6 Å². The van der Waals surface area contributed by atoms with E-state index in [4.69, 9.17) is 16.7 Å². The Kier molecular flexibility index (Phi) is 6.17. The average Bonchev–Trinajstić information content (AvgIpc) is 3.27. The van der Waals surface area contributed by atoms with Crippen molar-refractivity contribution in [3.05, 3.63) is 47.0 Å². The Morgan fingerprint density at radius 3 is 2.83 bits per heavy atom. The molecule has 156 valence electrons. The maximum Gasteiger partial charge on any atom is 0.251 e. The van der Waals surface area contributed by atoms with Gasteiger partial charge >= 0.3 is 0 Å². The van der Waals surface area contributed by atoms with Crippen LogP contribution in [0.2, 0.25) is 5.02 Å². The lowest BCUT2D eigenvalue weighted by atomic mass is 10.2. The number of aromatic nitrogens is 3. The summed E-state index contributed by atoms with van der Waals surface area (Å²) in [5, 5.41) is 16.4. The van der Waals surface area contributed by atoms with Crippen molar-refractivity contribution < 1.29 is 9.90 Å². The number of rotatable bonds is 8. The van der Waals surface area contributed by atoms with Crippen LogP contribution in [0.15, 0.2) is 36.4 Å². The van der Waals surface area contributed by atoms with Crippen molar-refractivity contribution in [3.63, 3.8) is 0 Å². The molecule has 7 nitrogen and oxygen atoms in total. The predicted molar refractivity (Wildman–Crippen MR) is 122 cm³/mol. The molecular weight excluding hydrogens is 422 g/mol. The number of carbonyl (C=O) groups is 1. The molecule has 2 heterocycles. The van der Waals surface area contributed by atoms with Crippen molar-refractivity contribution >= 4 is 61.2 Å². The number of halogens is 1. The van der Waals surface area contributed by atoms with Crippen LogP contribution in [0.5, 0.6) is 0 Å². The van der Waals surface area contributed by atoms with Gasteiger partial charge in [-0.3, -0.25) is 4.79 Å². The summed E-state index contributed by atoms with van der Waals surface area (Å²) in [7, 11) is 1.92. The molecule has 0 saturated heterocycles. The number of anilines is 2. The number of benzene rings is 2. The number of imidazole rings is 1. The highest BCUT2D eigenvalue weighted by Gasteiger charge is 2.13. The molecule has 0 aliphatic rings. The fourth-order valence-corrected chi connectivity index (χ4v) is 4.35. The number of fused-ring (bicyclic) bond motifs is 2. The van der Waals surface area contributed by atoms with E-state index < -0.39 is 0 Å². The Morgan fingerprint density at radius 1 is 1.13 bits per heavy atom. The molecule has 0 atom stereocenters. The third-order valence-electron chi connectivity index (χ3n) is 4.83. The molecule has 1 amide bonds. The van der Waals surface area contributed by atoms with Crippen LogP contribution in [-0.2, 0) is 7.05 Å². The first-order chi connectivity index (χ1) is 14.5. The highest BCUT2D eigenvalue weighted by atomic mass is 35.5. The summed E-state index contributed by atoms with van der Waals surface area (Å²) < 4.78 is 2.94. The van der Waals surface area contributed by atoms with Crippen LogP contribution in [0.25, 0.3) is 21.3 Å². The van der Waals surface area contributed by atoms with Gasteiger partial charge in [0.15, 0.2) is 5.13 Å². The van der Waals surface area contributed by atoms with Crippen molar-refractivity contribution in [1.29, 1.82) is 0 Å². The molecule has 2 aromatic heterocycles. The van der Waals surface area contributed by atoms with Crippen LogP contribution in [0, 0.1) is 0 Å². The first-order valence-electron chi connectivity index (χ1n) is 9.74. The molecule has 0 aliphatic carbocycles. The minimum atomic E-state index is -0.121. The fraction of sp³-hybridized carbons (Fsp3) is 0.286. The zero-order valence-electron chi connectivity index (χ0n) is 16.5. The fourth-order valence-electron chi connectivity index (χ4n) is 3.22. The van der Waals surface area contributed by atoms with Crippen molar-refractivity contribution in [2.45, 2.75) is 19.3 Å². The number of thiazole rings is 1. The lowest BCUT2D eigenvalue weighted by Crippen LogP contribution is -2.24. The summed E-state index contributed by atoms with van der Waals surface area (Å²) >= 11 is 7.57. The quantitative estimate of drug-likeness (QED) is 0.349. The molecule has 4 rings (SSSR count). The summed E-state index contributed by atoms with van der Waals surface area (Å²) in [6.45, 7) is 0.777.